The molecule has 11 heterocycles. The Morgan fingerprint density at radius 2 is 0.521 bits per heavy atom. The zero-order valence-corrected chi connectivity index (χ0v) is 98.5. The fourth-order valence-electron chi connectivity index (χ4n) is 15.5. The Morgan fingerprint density at radius 3 is 0.788 bits per heavy atom. The molecule has 9 aromatic carbocycles. The van der Waals surface area contributed by atoms with E-state index in [1.807, 2.05) is 105 Å². The van der Waals surface area contributed by atoms with Gasteiger partial charge in [-0.1, -0.05) is 278 Å². The van der Waals surface area contributed by atoms with E-state index >= 15 is 0 Å². The first kappa shape index (κ1) is 116. The second-order valence-corrected chi connectivity index (χ2v) is 57.6. The predicted octanol–water partition coefficient (Wildman–Crippen LogP) is 24.4. The second kappa shape index (κ2) is 56.9. The molecule has 744 valence electrons. The van der Waals surface area contributed by atoms with Gasteiger partial charge in [-0.3, -0.25) is 44.9 Å². The molecule has 0 unspecified atom stereocenters. The van der Waals surface area contributed by atoms with Gasteiger partial charge in [0.2, 0.25) is 0 Å². The van der Waals surface area contributed by atoms with Crippen LogP contribution >= 0.6 is 0 Å². The Hall–Kier alpha value is -13.5. The first-order valence-corrected chi connectivity index (χ1v) is 60.6. The number of pyridine rings is 7. The minimum atomic E-state index is -1.34. The van der Waals surface area contributed by atoms with E-state index in [0.717, 1.165) is 78.7 Å². The van der Waals surface area contributed by atoms with Crippen LogP contribution < -0.4 is 20.7 Å². The van der Waals surface area contributed by atoms with E-state index in [-0.39, 0.29) is 80.4 Å². The van der Waals surface area contributed by atoms with Crippen LogP contribution in [0.15, 0.2) is 361 Å². The van der Waals surface area contributed by atoms with Gasteiger partial charge in [0.15, 0.2) is 0 Å². The van der Waals surface area contributed by atoms with Gasteiger partial charge in [-0.05, 0) is 123 Å². The summed E-state index contributed by atoms with van der Waals surface area (Å²) in [6.07, 6.45) is 27.7. The van der Waals surface area contributed by atoms with Crippen molar-refractivity contribution in [2.75, 3.05) is 0 Å². The van der Waals surface area contributed by atoms with Crippen LogP contribution in [-0.4, -0.2) is 127 Å². The summed E-state index contributed by atoms with van der Waals surface area (Å²) in [5.74, 6) is 2.49. The van der Waals surface area contributed by atoms with E-state index in [9.17, 15) is 0 Å². The molecular formula is C119H113Ir4N19Si4-8. The van der Waals surface area contributed by atoms with Gasteiger partial charge in [-0.15, -0.1) is 213 Å². The molecule has 11 aromatic heterocycles. The molecule has 0 saturated carbocycles. The van der Waals surface area contributed by atoms with E-state index in [1.54, 1.807) is 24.7 Å². The van der Waals surface area contributed by atoms with Gasteiger partial charge < -0.3 is 29.9 Å². The molecule has 0 aliphatic carbocycles. The largest absolute Gasteiger partial charge is 0.360 e. The third-order valence-corrected chi connectivity index (χ3v) is 31.0. The molecule has 4 radical (unpaired) electrons. The maximum absolute atomic E-state index is 4.71. The zero-order valence-electron chi connectivity index (χ0n) is 84.9. The smallest absolute Gasteiger partial charge is 0.108 e. The predicted molar refractivity (Wildman–Crippen MR) is 586 cm³/mol. The van der Waals surface area contributed by atoms with Crippen LogP contribution in [0.1, 0.15) is 33.6 Å². The van der Waals surface area contributed by atoms with E-state index in [0.29, 0.717) is 23.3 Å². The van der Waals surface area contributed by atoms with Crippen molar-refractivity contribution in [3.8, 4) is 135 Å². The fraction of sp³-hybridized carbons (Fsp3) is 0.151. The van der Waals surface area contributed by atoms with Crippen LogP contribution in [0.4, 0.5) is 0 Å². The molecule has 19 nitrogen and oxygen atoms in total. The number of rotatable bonds is 16. The van der Waals surface area contributed by atoms with E-state index < -0.39 is 32.3 Å². The fourth-order valence-corrected chi connectivity index (χ4v) is 22.3. The molecule has 0 aliphatic heterocycles. The summed E-state index contributed by atoms with van der Waals surface area (Å²) < 4.78 is 0. The zero-order chi connectivity index (χ0) is 100. The number of benzene rings is 9. The normalized spacial score (nSPS) is 10.6. The van der Waals surface area contributed by atoms with Crippen molar-refractivity contribution in [1.29, 1.82) is 0 Å². The first-order chi connectivity index (χ1) is 68.5. The van der Waals surface area contributed by atoms with Crippen LogP contribution in [0.25, 0.3) is 135 Å². The van der Waals surface area contributed by atoms with E-state index in [4.69, 9.17) is 19.9 Å². The molecule has 0 spiro atoms. The topological polar surface area (TPSA) is 245 Å². The number of aryl methyl sites for hydroxylation is 6. The Bertz CT molecular complexity index is 6510. The van der Waals surface area contributed by atoms with Gasteiger partial charge in [-0.2, -0.15) is 6.07 Å². The molecule has 0 fully saturated rings. The van der Waals surface area contributed by atoms with Crippen molar-refractivity contribution in [2.24, 2.45) is 0 Å². The van der Waals surface area contributed by atoms with Gasteiger partial charge in [0.25, 0.3) is 0 Å². The third-order valence-electron chi connectivity index (χ3n) is 22.4. The van der Waals surface area contributed by atoms with Gasteiger partial charge in [0.05, 0.1) is 49.8 Å². The molecule has 0 N–H and O–H groups in total. The monoisotopic (exact) mass is 2690 g/mol. The van der Waals surface area contributed by atoms with Crippen molar-refractivity contribution >= 4 is 53.0 Å². The van der Waals surface area contributed by atoms with Crippen molar-refractivity contribution in [3.63, 3.8) is 0 Å². The summed E-state index contributed by atoms with van der Waals surface area (Å²) in [7, 11) is -5.35. The quantitative estimate of drug-likeness (QED) is 0.0644. The minimum Gasteiger partial charge on any atom is -0.360 e. The summed E-state index contributed by atoms with van der Waals surface area (Å²) in [5.41, 5.74) is 28.4. The molecule has 0 bridgehead atoms. The Labute approximate surface area is 918 Å². The van der Waals surface area contributed by atoms with E-state index in [1.165, 1.54) is 138 Å². The molecule has 0 saturated heterocycles. The number of aromatic nitrogens is 19. The van der Waals surface area contributed by atoms with Crippen LogP contribution in [-0.2, 0) is 80.4 Å². The molecule has 0 atom stereocenters. The SMILES string of the molecule is Cc1c[c-]c(-c2ncncn2)c(C)n1.Cc1cc(-c2[c-]ccc(-c3ccccc3)c2)ncc1[Si](C)(C)C.Cc1cc(-c2[c-]ccc(-c3ccccc3)c2)ncc1[Si](C)(C)C.Cc1cc(-c2[c-]ccc(-c3ccccc3)c2)ncc1[Si](C)(C)C.Cc1cc(-c2[c-]ccc(-c3ccccc3)c2)ncc1[Si](C)(C)C.[Ir].[Ir].[Ir].[Ir].[c-]1ccccc1-c1ncncn1.[c-]1cnccc1-c1ncncn1.[c-]1ncccc1-c1ncncn1. The minimum absolute atomic E-state index is 0. The van der Waals surface area contributed by atoms with Crippen molar-refractivity contribution < 1.29 is 80.4 Å². The molecule has 0 aliphatic rings. The summed E-state index contributed by atoms with van der Waals surface area (Å²) in [6.45, 7) is 40.9. The molecule has 20 rings (SSSR count). The summed E-state index contributed by atoms with van der Waals surface area (Å²) in [5, 5.41) is 5.72. The summed E-state index contributed by atoms with van der Waals surface area (Å²) in [4.78, 5) is 77.7. The average molecular weight is 2690 g/mol. The summed E-state index contributed by atoms with van der Waals surface area (Å²) in [6, 6.07) is 113. The van der Waals surface area contributed by atoms with Crippen molar-refractivity contribution in [1.82, 2.24) is 94.7 Å². The van der Waals surface area contributed by atoms with E-state index in [2.05, 4.69) is 424 Å². The van der Waals surface area contributed by atoms with Crippen LogP contribution in [0.2, 0.25) is 78.6 Å². The standard InChI is InChI=1S/4C21H22NSi.C10H9N4.C9H6N3.2C8H5N4.4Ir/c4*1-16-13-20(22-15-21(16)23(2,3)4)19-12-8-11-18(14-19)17-9-6-5-7-10-17;1-7-3-4-9(8(2)14-7)10-12-5-11-6-13-10;1-2-4-8(5-3-1)9-11-6-10-7-12-9;1-3-9-4-2-7(1)8-11-5-10-6-12-8;1-2-7(4-9-3-1)8-11-5-10-6-12-8;;;;/h4*5-11,13-15H,1-4H3;3,5-6H,1-2H3;1-4,6-7H;1,3-6H;1-3,5-6H;;;;/q8*-1;;;;. The van der Waals surface area contributed by atoms with Crippen LogP contribution in [0.5, 0.6) is 0 Å². The summed E-state index contributed by atoms with van der Waals surface area (Å²) >= 11 is 0. The average Bonchev–Trinajstić information content (AvgIpc) is 0.802. The molecule has 0 amide bonds. The van der Waals surface area contributed by atoms with Crippen LogP contribution in [0, 0.1) is 90.2 Å². The first-order valence-electron chi connectivity index (χ1n) is 46.6. The third kappa shape index (κ3) is 34.6. The van der Waals surface area contributed by atoms with Crippen molar-refractivity contribution in [2.45, 2.75) is 120 Å². The van der Waals surface area contributed by atoms with Crippen molar-refractivity contribution in [3.05, 3.63) is 443 Å². The van der Waals surface area contributed by atoms with Gasteiger partial charge in [-0.25, -0.2) is 19.9 Å². The van der Waals surface area contributed by atoms with Gasteiger partial charge in [0, 0.05) is 111 Å². The van der Waals surface area contributed by atoms with Gasteiger partial charge in [0.1, 0.15) is 50.6 Å². The number of hydrogen-bond donors (Lipinski definition) is 0. The Morgan fingerprint density at radius 1 is 0.233 bits per heavy atom. The molecule has 20 aromatic rings. The second-order valence-electron chi connectivity index (χ2n) is 37.4. The Kier molecular flexibility index (Phi) is 45.2. The van der Waals surface area contributed by atoms with Crippen LogP contribution in [0.3, 0.4) is 0 Å². The number of hydrogen-bond acceptors (Lipinski definition) is 19. The maximum Gasteiger partial charge on any atom is 0.108 e. The molecule has 27 heteroatoms. The number of nitrogens with zero attached hydrogens (tertiary/aromatic N) is 19. The molecule has 146 heavy (non-hydrogen) atoms. The maximum atomic E-state index is 4.71. The van der Waals surface area contributed by atoms with Gasteiger partial charge >= 0.3 is 0 Å². The Balaban J connectivity index is 0.000000188. The molecular weight excluding hydrogens is 2580 g/mol.